The van der Waals surface area contributed by atoms with Crippen molar-refractivity contribution >= 4 is 32.9 Å². The molecule has 0 atom stereocenters. The summed E-state index contributed by atoms with van der Waals surface area (Å²) >= 11 is 3.47. The number of allylic oxidation sites excluding steroid dienone is 1. The largest absolute Gasteiger partial charge is 0.331 e. The molecule has 0 radical (unpaired) electrons. The topological polar surface area (TPSA) is 38.1 Å². The predicted molar refractivity (Wildman–Crippen MR) is 118 cm³/mol. The van der Waals surface area contributed by atoms with Gasteiger partial charge in [0, 0.05) is 23.1 Å². The fourth-order valence-electron chi connectivity index (χ4n) is 3.22. The number of nitrogens with zero attached hydrogens (tertiary/aromatic N) is 3. The normalized spacial score (nSPS) is 11.1. The minimum atomic E-state index is 0.0270. The molecule has 0 aliphatic carbocycles. The number of carbonyl (C=O) groups excluding carboxylic acids is 1. The van der Waals surface area contributed by atoms with Gasteiger partial charge in [0.15, 0.2) is 0 Å². The average molecular weight is 440 g/mol. The van der Waals surface area contributed by atoms with Crippen LogP contribution in [0.5, 0.6) is 0 Å². The molecule has 0 aliphatic rings. The van der Waals surface area contributed by atoms with Crippen molar-refractivity contribution in [2.75, 3.05) is 6.54 Å². The molecule has 0 saturated carbocycles. The highest BCUT2D eigenvalue weighted by Crippen LogP contribution is 2.20. The van der Waals surface area contributed by atoms with E-state index in [1.165, 1.54) is 0 Å². The van der Waals surface area contributed by atoms with Crippen molar-refractivity contribution in [2.24, 2.45) is 5.92 Å². The Labute approximate surface area is 175 Å². The lowest BCUT2D eigenvalue weighted by atomic mass is 10.1. The Morgan fingerprint density at radius 3 is 2.75 bits per heavy atom. The Hall–Kier alpha value is -2.40. The van der Waals surface area contributed by atoms with E-state index < -0.39 is 0 Å². The van der Waals surface area contributed by atoms with Gasteiger partial charge in [-0.1, -0.05) is 54.1 Å². The molecule has 3 aromatic rings. The quantitative estimate of drug-likeness (QED) is 0.423. The summed E-state index contributed by atoms with van der Waals surface area (Å²) in [6.07, 6.45) is 2.81. The first kappa shape index (κ1) is 20.3. The average Bonchev–Trinajstić information content (AvgIpc) is 3.02. The highest BCUT2D eigenvalue weighted by Gasteiger charge is 2.20. The van der Waals surface area contributed by atoms with Gasteiger partial charge in [0.05, 0.1) is 17.6 Å². The number of para-hydroxylation sites is 2. The fourth-order valence-corrected chi connectivity index (χ4v) is 3.62. The lowest BCUT2D eigenvalue weighted by molar-refractivity contribution is 0.0729. The number of hydrogen-bond acceptors (Lipinski definition) is 2. The van der Waals surface area contributed by atoms with Crippen molar-refractivity contribution in [3.05, 3.63) is 77.0 Å². The monoisotopic (exact) mass is 439 g/mol. The first-order valence-electron chi connectivity index (χ1n) is 9.59. The lowest BCUT2D eigenvalue weighted by Crippen LogP contribution is -2.33. The van der Waals surface area contributed by atoms with Crippen LogP contribution in [0.1, 0.15) is 36.5 Å². The minimum absolute atomic E-state index is 0.0270. The second-order valence-electron chi connectivity index (χ2n) is 7.34. The van der Waals surface area contributed by atoms with E-state index in [1.807, 2.05) is 53.4 Å². The first-order chi connectivity index (χ1) is 13.5. The molecule has 3 rings (SSSR count). The fraction of sp³-hybridized carbons (Fsp3) is 0.304. The van der Waals surface area contributed by atoms with Crippen molar-refractivity contribution in [1.82, 2.24) is 14.5 Å². The summed E-state index contributed by atoms with van der Waals surface area (Å²) < 4.78 is 3.04. The van der Waals surface area contributed by atoms with Crippen LogP contribution in [0.2, 0.25) is 0 Å². The Balaban J connectivity index is 1.95. The van der Waals surface area contributed by atoms with E-state index in [9.17, 15) is 4.79 Å². The van der Waals surface area contributed by atoms with Gasteiger partial charge in [0.1, 0.15) is 5.82 Å². The first-order valence-corrected chi connectivity index (χ1v) is 10.4. The van der Waals surface area contributed by atoms with Crippen molar-refractivity contribution in [1.29, 1.82) is 0 Å². The van der Waals surface area contributed by atoms with Gasteiger partial charge < -0.3 is 9.47 Å². The van der Waals surface area contributed by atoms with Crippen LogP contribution in [-0.2, 0) is 13.1 Å². The molecule has 0 saturated heterocycles. The summed E-state index contributed by atoms with van der Waals surface area (Å²) in [6, 6.07) is 15.6. The maximum absolute atomic E-state index is 13.2. The number of hydrogen-bond donors (Lipinski definition) is 0. The molecule has 1 heterocycles. The zero-order chi connectivity index (χ0) is 20.1. The summed E-state index contributed by atoms with van der Waals surface area (Å²) in [4.78, 5) is 20.0. The van der Waals surface area contributed by atoms with Crippen LogP contribution in [0.3, 0.4) is 0 Å². The highest BCUT2D eigenvalue weighted by molar-refractivity contribution is 9.10. The minimum Gasteiger partial charge on any atom is -0.331 e. The number of fused-ring (bicyclic) bond motifs is 1. The SMILES string of the molecule is C=CCn1c(CN(CCC(C)C)C(=O)c2cccc(Br)c2)nc2ccccc21. The van der Waals surface area contributed by atoms with E-state index in [4.69, 9.17) is 4.98 Å². The summed E-state index contributed by atoms with van der Waals surface area (Å²) in [5, 5.41) is 0. The third-order valence-electron chi connectivity index (χ3n) is 4.71. The Bertz CT molecular complexity index is 977. The van der Waals surface area contributed by atoms with Crippen LogP contribution in [0.4, 0.5) is 0 Å². The number of rotatable bonds is 8. The number of amides is 1. The van der Waals surface area contributed by atoms with Crippen LogP contribution in [0.15, 0.2) is 65.7 Å². The van der Waals surface area contributed by atoms with Gasteiger partial charge in [-0.15, -0.1) is 6.58 Å². The second kappa shape index (κ2) is 9.20. The molecule has 0 unspecified atom stereocenters. The van der Waals surface area contributed by atoms with Gasteiger partial charge in [-0.3, -0.25) is 4.79 Å². The molecule has 0 fully saturated rings. The molecule has 146 valence electrons. The van der Waals surface area contributed by atoms with Gasteiger partial charge in [-0.05, 0) is 42.7 Å². The van der Waals surface area contributed by atoms with Crippen LogP contribution in [-0.4, -0.2) is 26.9 Å². The number of aromatic nitrogens is 2. The summed E-state index contributed by atoms with van der Waals surface area (Å²) in [5.41, 5.74) is 2.69. The molecule has 1 amide bonds. The van der Waals surface area contributed by atoms with E-state index in [0.29, 0.717) is 31.1 Å². The molecule has 4 nitrogen and oxygen atoms in total. The maximum atomic E-state index is 13.2. The highest BCUT2D eigenvalue weighted by atomic mass is 79.9. The van der Waals surface area contributed by atoms with E-state index in [2.05, 4.69) is 47.0 Å². The van der Waals surface area contributed by atoms with Crippen molar-refractivity contribution in [3.8, 4) is 0 Å². The molecule has 28 heavy (non-hydrogen) atoms. The predicted octanol–water partition coefficient (Wildman–Crippen LogP) is 5.67. The van der Waals surface area contributed by atoms with E-state index in [1.54, 1.807) is 0 Å². The molecule has 1 aromatic heterocycles. The van der Waals surface area contributed by atoms with Crippen molar-refractivity contribution in [2.45, 2.75) is 33.4 Å². The van der Waals surface area contributed by atoms with Gasteiger partial charge in [0.2, 0.25) is 0 Å². The second-order valence-corrected chi connectivity index (χ2v) is 8.25. The third-order valence-corrected chi connectivity index (χ3v) is 5.21. The number of halogens is 1. The molecule has 2 aromatic carbocycles. The van der Waals surface area contributed by atoms with E-state index >= 15 is 0 Å². The van der Waals surface area contributed by atoms with Crippen LogP contribution in [0.25, 0.3) is 11.0 Å². The third kappa shape index (κ3) is 4.71. The lowest BCUT2D eigenvalue weighted by Gasteiger charge is -2.24. The van der Waals surface area contributed by atoms with Gasteiger partial charge in [-0.2, -0.15) is 0 Å². The molecule has 0 spiro atoms. The van der Waals surface area contributed by atoms with Crippen LogP contribution >= 0.6 is 15.9 Å². The molecular weight excluding hydrogens is 414 g/mol. The Kier molecular flexibility index (Phi) is 6.68. The summed E-state index contributed by atoms with van der Waals surface area (Å²) in [5.74, 6) is 1.43. The van der Waals surface area contributed by atoms with Gasteiger partial charge in [-0.25, -0.2) is 4.98 Å². The maximum Gasteiger partial charge on any atom is 0.254 e. The molecule has 0 bridgehead atoms. The molecular formula is C23H26BrN3O. The summed E-state index contributed by atoms with van der Waals surface area (Å²) in [7, 11) is 0. The molecule has 5 heteroatoms. The van der Waals surface area contributed by atoms with E-state index in [0.717, 1.165) is 27.8 Å². The van der Waals surface area contributed by atoms with Crippen molar-refractivity contribution in [3.63, 3.8) is 0 Å². The number of imidazole rings is 1. The standard InChI is InChI=1S/C23H26BrN3O/c1-4-13-27-21-11-6-5-10-20(21)25-22(27)16-26(14-12-17(2)3)23(28)18-8-7-9-19(24)15-18/h4-11,15,17H,1,12-14,16H2,2-3H3. The van der Waals surface area contributed by atoms with Crippen LogP contribution in [0, 0.1) is 5.92 Å². The number of carbonyl (C=O) groups is 1. The van der Waals surface area contributed by atoms with E-state index in [-0.39, 0.29) is 5.91 Å². The smallest absolute Gasteiger partial charge is 0.254 e. The zero-order valence-corrected chi connectivity index (χ0v) is 18.0. The molecule has 0 N–H and O–H groups in total. The van der Waals surface area contributed by atoms with Crippen LogP contribution < -0.4 is 0 Å². The van der Waals surface area contributed by atoms with Gasteiger partial charge >= 0.3 is 0 Å². The van der Waals surface area contributed by atoms with Gasteiger partial charge in [0.25, 0.3) is 5.91 Å². The zero-order valence-electron chi connectivity index (χ0n) is 16.4. The molecule has 0 aliphatic heterocycles. The Morgan fingerprint density at radius 1 is 1.25 bits per heavy atom. The number of benzene rings is 2. The Morgan fingerprint density at radius 2 is 2.04 bits per heavy atom. The van der Waals surface area contributed by atoms with Crippen molar-refractivity contribution < 1.29 is 4.79 Å². The summed E-state index contributed by atoms with van der Waals surface area (Å²) in [6.45, 7) is 10.1.